The Labute approximate surface area is 104 Å². The number of benzene rings is 1. The molecule has 1 saturated heterocycles. The van der Waals surface area contributed by atoms with Crippen LogP contribution in [0.25, 0.3) is 0 Å². The molecule has 0 amide bonds. The molecule has 15 heavy (non-hydrogen) atoms. The number of morpholine rings is 1. The summed E-state index contributed by atoms with van der Waals surface area (Å²) in [6.45, 7) is 4.62. The molecule has 2 rings (SSSR count). The smallest absolute Gasteiger partial charge is 0.0642 e. The fourth-order valence-corrected chi connectivity index (χ4v) is 2.16. The van der Waals surface area contributed by atoms with Crippen LogP contribution in [0.15, 0.2) is 24.3 Å². The van der Waals surface area contributed by atoms with Crippen molar-refractivity contribution in [2.75, 3.05) is 31.2 Å². The van der Waals surface area contributed by atoms with Crippen LogP contribution >= 0.6 is 22.9 Å². The zero-order valence-electron chi connectivity index (χ0n) is 8.58. The SMILES string of the molecule is INCc1ccc(N2CCOCC2)cc1. The molecule has 82 valence electrons. The quantitative estimate of drug-likeness (QED) is 0.681. The summed E-state index contributed by atoms with van der Waals surface area (Å²) < 4.78 is 8.45. The number of rotatable bonds is 3. The Kier molecular flexibility index (Phi) is 4.22. The first-order chi connectivity index (χ1) is 7.40. The third-order valence-electron chi connectivity index (χ3n) is 2.58. The van der Waals surface area contributed by atoms with E-state index in [1.54, 1.807) is 0 Å². The van der Waals surface area contributed by atoms with E-state index in [1.807, 2.05) is 0 Å². The van der Waals surface area contributed by atoms with Gasteiger partial charge in [0.2, 0.25) is 0 Å². The zero-order valence-corrected chi connectivity index (χ0v) is 10.7. The van der Waals surface area contributed by atoms with Crippen LogP contribution in [-0.4, -0.2) is 26.3 Å². The van der Waals surface area contributed by atoms with Gasteiger partial charge in [-0.25, -0.2) is 0 Å². The van der Waals surface area contributed by atoms with E-state index in [2.05, 4.69) is 55.6 Å². The standard InChI is InChI=1S/C11H15IN2O/c12-13-9-10-1-3-11(4-2-10)14-5-7-15-8-6-14/h1-4,13H,5-9H2. The highest BCUT2D eigenvalue weighted by atomic mass is 127. The molecule has 1 N–H and O–H groups in total. The first-order valence-electron chi connectivity index (χ1n) is 5.15. The molecule has 1 heterocycles. The first-order valence-corrected chi connectivity index (χ1v) is 6.23. The monoisotopic (exact) mass is 318 g/mol. The minimum Gasteiger partial charge on any atom is -0.378 e. The van der Waals surface area contributed by atoms with Crippen LogP contribution in [0, 0.1) is 0 Å². The van der Waals surface area contributed by atoms with Gasteiger partial charge in [-0.15, -0.1) is 0 Å². The van der Waals surface area contributed by atoms with Crippen molar-refractivity contribution in [1.82, 2.24) is 3.53 Å². The van der Waals surface area contributed by atoms with E-state index in [0.29, 0.717) is 0 Å². The molecule has 0 bridgehead atoms. The van der Waals surface area contributed by atoms with Gasteiger partial charge in [0.1, 0.15) is 0 Å². The second kappa shape index (κ2) is 5.67. The number of hydrogen-bond acceptors (Lipinski definition) is 3. The summed E-state index contributed by atoms with van der Waals surface area (Å²) in [5, 5.41) is 0. The lowest BCUT2D eigenvalue weighted by Gasteiger charge is -2.28. The number of nitrogens with zero attached hydrogens (tertiary/aromatic N) is 1. The molecule has 3 nitrogen and oxygen atoms in total. The summed E-state index contributed by atoms with van der Waals surface area (Å²) >= 11 is 2.17. The average Bonchev–Trinajstić information content (AvgIpc) is 2.32. The van der Waals surface area contributed by atoms with E-state index in [1.165, 1.54) is 11.3 Å². The van der Waals surface area contributed by atoms with E-state index >= 15 is 0 Å². The third kappa shape index (κ3) is 3.06. The van der Waals surface area contributed by atoms with E-state index in [9.17, 15) is 0 Å². The predicted octanol–water partition coefficient (Wildman–Crippen LogP) is 1.96. The molecule has 0 atom stereocenters. The van der Waals surface area contributed by atoms with Crippen LogP contribution in [-0.2, 0) is 11.3 Å². The molecule has 0 radical (unpaired) electrons. The van der Waals surface area contributed by atoms with Crippen molar-refractivity contribution in [2.24, 2.45) is 0 Å². The largest absolute Gasteiger partial charge is 0.378 e. The van der Waals surface area contributed by atoms with Gasteiger partial charge >= 0.3 is 0 Å². The van der Waals surface area contributed by atoms with Gasteiger partial charge in [0.15, 0.2) is 0 Å². The number of ether oxygens (including phenoxy) is 1. The summed E-state index contributed by atoms with van der Waals surface area (Å²) in [5.74, 6) is 0. The van der Waals surface area contributed by atoms with Crippen molar-refractivity contribution in [2.45, 2.75) is 6.54 Å². The maximum absolute atomic E-state index is 5.33. The maximum Gasteiger partial charge on any atom is 0.0642 e. The lowest BCUT2D eigenvalue weighted by Crippen LogP contribution is -2.36. The van der Waals surface area contributed by atoms with E-state index in [-0.39, 0.29) is 0 Å². The van der Waals surface area contributed by atoms with Crippen molar-refractivity contribution < 1.29 is 4.74 Å². The van der Waals surface area contributed by atoms with Crippen LogP contribution in [0.2, 0.25) is 0 Å². The minimum absolute atomic E-state index is 0.844. The van der Waals surface area contributed by atoms with Gasteiger partial charge in [-0.1, -0.05) is 12.1 Å². The Balaban J connectivity index is 2.02. The average molecular weight is 318 g/mol. The molecular weight excluding hydrogens is 303 g/mol. The third-order valence-corrected chi connectivity index (χ3v) is 2.96. The molecule has 1 aromatic carbocycles. The molecule has 1 aliphatic rings. The van der Waals surface area contributed by atoms with Gasteiger partial charge in [-0.2, -0.15) is 0 Å². The number of hydrogen-bond donors (Lipinski definition) is 1. The van der Waals surface area contributed by atoms with Crippen molar-refractivity contribution >= 4 is 28.6 Å². The van der Waals surface area contributed by atoms with Gasteiger partial charge in [-0.05, 0) is 17.7 Å². The molecule has 1 aromatic rings. The molecule has 1 fully saturated rings. The van der Waals surface area contributed by atoms with Gasteiger partial charge in [0.25, 0.3) is 0 Å². The molecule has 0 aromatic heterocycles. The Morgan fingerprint density at radius 3 is 2.47 bits per heavy atom. The summed E-state index contributed by atoms with van der Waals surface area (Å²) in [5.41, 5.74) is 2.62. The molecule has 0 saturated carbocycles. The number of anilines is 1. The van der Waals surface area contributed by atoms with Crippen LogP contribution in [0.4, 0.5) is 5.69 Å². The van der Waals surface area contributed by atoms with Crippen molar-refractivity contribution in [3.63, 3.8) is 0 Å². The topological polar surface area (TPSA) is 24.5 Å². The van der Waals surface area contributed by atoms with Crippen LogP contribution in [0.1, 0.15) is 5.56 Å². The Hall–Kier alpha value is -0.330. The van der Waals surface area contributed by atoms with Crippen molar-refractivity contribution in [1.29, 1.82) is 0 Å². The highest BCUT2D eigenvalue weighted by Gasteiger charge is 2.10. The van der Waals surface area contributed by atoms with Gasteiger partial charge in [-0.3, -0.25) is 3.53 Å². The van der Waals surface area contributed by atoms with E-state index in [4.69, 9.17) is 4.74 Å². The summed E-state index contributed by atoms with van der Waals surface area (Å²) in [6.07, 6.45) is 0. The highest BCUT2D eigenvalue weighted by molar-refractivity contribution is 14.1. The van der Waals surface area contributed by atoms with Gasteiger partial charge in [0, 0.05) is 48.2 Å². The second-order valence-corrected chi connectivity index (χ2v) is 4.34. The fraction of sp³-hybridized carbons (Fsp3) is 0.455. The fourth-order valence-electron chi connectivity index (χ4n) is 1.72. The van der Waals surface area contributed by atoms with Crippen LogP contribution in [0.3, 0.4) is 0 Å². The lowest BCUT2D eigenvalue weighted by atomic mass is 10.2. The number of halogens is 1. The first kappa shape index (κ1) is 11.2. The van der Waals surface area contributed by atoms with Crippen LogP contribution in [0.5, 0.6) is 0 Å². The minimum atomic E-state index is 0.844. The molecule has 0 unspecified atom stereocenters. The summed E-state index contributed by atoms with van der Waals surface area (Å²) in [7, 11) is 0. The normalized spacial score (nSPS) is 16.7. The Morgan fingerprint density at radius 2 is 1.87 bits per heavy atom. The summed E-state index contributed by atoms with van der Waals surface area (Å²) in [6, 6.07) is 8.73. The predicted molar refractivity (Wildman–Crippen MR) is 70.3 cm³/mol. The molecule has 4 heteroatoms. The Bertz CT molecular complexity index is 296. The molecular formula is C11H15IN2O. The second-order valence-electron chi connectivity index (χ2n) is 3.58. The van der Waals surface area contributed by atoms with E-state index in [0.717, 1.165) is 32.8 Å². The lowest BCUT2D eigenvalue weighted by molar-refractivity contribution is 0.122. The Morgan fingerprint density at radius 1 is 1.20 bits per heavy atom. The molecule has 0 spiro atoms. The molecule has 0 aliphatic carbocycles. The van der Waals surface area contributed by atoms with Crippen molar-refractivity contribution in [3.05, 3.63) is 29.8 Å². The van der Waals surface area contributed by atoms with Gasteiger partial charge < -0.3 is 9.64 Å². The van der Waals surface area contributed by atoms with Gasteiger partial charge in [0.05, 0.1) is 13.2 Å². The maximum atomic E-state index is 5.33. The van der Waals surface area contributed by atoms with Crippen LogP contribution < -0.4 is 8.43 Å². The van der Waals surface area contributed by atoms with E-state index < -0.39 is 0 Å². The highest BCUT2D eigenvalue weighted by Crippen LogP contribution is 2.16. The van der Waals surface area contributed by atoms with Crippen molar-refractivity contribution in [3.8, 4) is 0 Å². The summed E-state index contributed by atoms with van der Waals surface area (Å²) in [4.78, 5) is 2.37. The number of nitrogens with one attached hydrogen (secondary N) is 1. The molecule has 1 aliphatic heterocycles. The zero-order chi connectivity index (χ0) is 10.5.